The summed E-state index contributed by atoms with van der Waals surface area (Å²) in [7, 11) is 0. The Morgan fingerprint density at radius 2 is 1.79 bits per heavy atom. The first kappa shape index (κ1) is 16.2. The van der Waals surface area contributed by atoms with Crippen LogP contribution in [0.15, 0.2) is 42.5 Å². The van der Waals surface area contributed by atoms with E-state index in [0.29, 0.717) is 29.4 Å². The molecule has 2 aromatic carbocycles. The first-order valence-corrected chi connectivity index (χ1v) is 9.14. The zero-order valence-electron chi connectivity index (χ0n) is 19.2. The van der Waals surface area contributed by atoms with Crippen LogP contribution in [0, 0.1) is 0 Å². The molecule has 0 unspecified atom stereocenters. The van der Waals surface area contributed by atoms with Crippen molar-refractivity contribution >= 4 is 11.6 Å². The Balaban J connectivity index is 1.99. The van der Waals surface area contributed by atoms with Gasteiger partial charge in [0.1, 0.15) is 36.2 Å². The number of hydrogen-bond donors (Lipinski definition) is 4. The van der Waals surface area contributed by atoms with Gasteiger partial charge in [-0.3, -0.25) is 0 Å². The van der Waals surface area contributed by atoms with Gasteiger partial charge < -0.3 is 29.9 Å². The van der Waals surface area contributed by atoms with Gasteiger partial charge in [-0.05, 0) is 48.2 Å². The molecule has 4 N–H and O–H groups in total. The molecule has 1 aliphatic heterocycles. The highest BCUT2D eigenvalue weighted by molar-refractivity contribution is 6.31. The van der Waals surface area contributed by atoms with Crippen molar-refractivity contribution in [2.24, 2.45) is 0 Å². The molecule has 1 aliphatic rings. The van der Waals surface area contributed by atoms with E-state index in [-0.39, 0.29) is 5.56 Å². The summed E-state index contributed by atoms with van der Waals surface area (Å²) < 4.78 is 42.6. The summed E-state index contributed by atoms with van der Waals surface area (Å²) in [5, 5.41) is 41.2. The van der Waals surface area contributed by atoms with Crippen LogP contribution in [0.2, 0.25) is 5.02 Å². The molecule has 2 aromatic rings. The molecule has 1 saturated heterocycles. The van der Waals surface area contributed by atoms with E-state index in [2.05, 4.69) is 0 Å². The monoisotopic (exact) mass is 412 g/mol. The largest absolute Gasteiger partial charge is 0.494 e. The quantitative estimate of drug-likeness (QED) is 0.578. The number of benzene rings is 2. The van der Waals surface area contributed by atoms with E-state index >= 15 is 0 Å². The zero-order chi connectivity index (χ0) is 23.9. The Hall–Kier alpha value is -1.67. The number of ether oxygens (including phenoxy) is 2. The van der Waals surface area contributed by atoms with Gasteiger partial charge in [0.25, 0.3) is 0 Å². The van der Waals surface area contributed by atoms with Gasteiger partial charge in [-0.2, -0.15) is 0 Å². The molecule has 0 aliphatic carbocycles. The molecular formula is C21H25ClO6. The third kappa shape index (κ3) is 4.49. The molecule has 0 saturated carbocycles. The third-order valence-corrected chi connectivity index (χ3v) is 4.75. The predicted octanol–water partition coefficient (Wildman–Crippen LogP) is 1.84. The van der Waals surface area contributed by atoms with Crippen molar-refractivity contribution in [3.8, 4) is 5.75 Å². The van der Waals surface area contributed by atoms with E-state index in [1.165, 1.54) is 18.2 Å². The molecule has 152 valence electrons. The fourth-order valence-corrected chi connectivity index (χ4v) is 3.14. The van der Waals surface area contributed by atoms with Crippen LogP contribution >= 0.6 is 11.6 Å². The fourth-order valence-electron chi connectivity index (χ4n) is 2.95. The second kappa shape index (κ2) is 9.22. The standard InChI is InChI=1S/C21H25ClO6/c1-2-27-15-6-3-12(4-7-15)9-14-10-13(5-8-16(14)22)21-20(26)19(25)18(24)17(11-23)28-21/h3-8,10,17-21,23-26H,2,9,11H2,1H3/t17-,18-,19+,20-,21+/m1/s1/i17D,18D,19D,20D. The summed E-state index contributed by atoms with van der Waals surface area (Å²) in [4.78, 5) is 0. The minimum Gasteiger partial charge on any atom is -0.494 e. The van der Waals surface area contributed by atoms with Gasteiger partial charge in [0, 0.05) is 5.02 Å². The predicted molar refractivity (Wildman–Crippen MR) is 105 cm³/mol. The van der Waals surface area contributed by atoms with Crippen LogP contribution in [-0.2, 0) is 11.2 Å². The first-order valence-electron chi connectivity index (χ1n) is 10.8. The SMILES string of the molecule is [2H][C@]1(O)[C@]([2H])(O)[C@@]([2H])(O)[C@H](c2ccc(Cl)c(Cc3ccc(OCC)cc3)c2)O[C@]1([2H])CO. The molecule has 0 aromatic heterocycles. The topological polar surface area (TPSA) is 99.4 Å². The number of hydrogen-bond acceptors (Lipinski definition) is 6. The lowest BCUT2D eigenvalue weighted by molar-refractivity contribution is -0.231. The van der Waals surface area contributed by atoms with Gasteiger partial charge in [0.15, 0.2) is 0 Å². The normalized spacial score (nSPS) is 40.1. The van der Waals surface area contributed by atoms with Crippen molar-refractivity contribution < 1.29 is 35.4 Å². The maximum atomic E-state index is 10.6. The van der Waals surface area contributed by atoms with Crippen molar-refractivity contribution in [3.63, 3.8) is 0 Å². The van der Waals surface area contributed by atoms with E-state index in [0.717, 1.165) is 5.56 Å². The number of rotatable bonds is 6. The average Bonchev–Trinajstić information content (AvgIpc) is 2.74. The van der Waals surface area contributed by atoms with Gasteiger partial charge >= 0.3 is 0 Å². The Morgan fingerprint density at radius 3 is 2.43 bits per heavy atom. The van der Waals surface area contributed by atoms with Crippen molar-refractivity contribution in [2.75, 3.05) is 13.2 Å². The molecule has 1 heterocycles. The van der Waals surface area contributed by atoms with E-state index in [4.69, 9.17) is 26.6 Å². The molecule has 0 amide bonds. The number of aliphatic hydroxyl groups excluding tert-OH is 1. The molecule has 5 atom stereocenters. The average molecular weight is 413 g/mol. The van der Waals surface area contributed by atoms with Crippen molar-refractivity contribution in [1.82, 2.24) is 0 Å². The molecular weight excluding hydrogens is 384 g/mol. The highest BCUT2D eigenvalue weighted by atomic mass is 35.5. The summed E-state index contributed by atoms with van der Waals surface area (Å²) in [6.07, 6.45) is -14.8. The Kier molecular flexibility index (Phi) is 5.32. The van der Waals surface area contributed by atoms with Crippen molar-refractivity contribution in [2.45, 2.75) is 43.8 Å². The van der Waals surface area contributed by atoms with Crippen LogP contribution in [0.25, 0.3) is 0 Å². The van der Waals surface area contributed by atoms with Gasteiger partial charge in [-0.1, -0.05) is 35.9 Å². The van der Waals surface area contributed by atoms with Gasteiger partial charge in [0.05, 0.1) is 18.7 Å². The molecule has 1 fully saturated rings. The lowest BCUT2D eigenvalue weighted by Gasteiger charge is -2.40. The molecule has 0 spiro atoms. The van der Waals surface area contributed by atoms with E-state index < -0.39 is 37.0 Å². The highest BCUT2D eigenvalue weighted by Gasteiger charge is 2.43. The second-order valence-electron chi connectivity index (χ2n) is 6.27. The molecule has 28 heavy (non-hydrogen) atoms. The van der Waals surface area contributed by atoms with E-state index in [1.807, 2.05) is 19.1 Å². The number of aliphatic hydroxyl groups is 4. The van der Waals surface area contributed by atoms with Crippen molar-refractivity contribution in [3.05, 3.63) is 64.2 Å². The summed E-state index contributed by atoms with van der Waals surface area (Å²) in [6, 6.07) is 11.6. The summed E-state index contributed by atoms with van der Waals surface area (Å²) >= 11 is 6.31. The summed E-state index contributed by atoms with van der Waals surface area (Å²) in [5.74, 6) is 0.708. The second-order valence-corrected chi connectivity index (χ2v) is 6.67. The minimum absolute atomic E-state index is 0.0686. The maximum Gasteiger partial charge on any atom is 0.119 e. The van der Waals surface area contributed by atoms with E-state index in [9.17, 15) is 20.4 Å². The Morgan fingerprint density at radius 1 is 1.07 bits per heavy atom. The van der Waals surface area contributed by atoms with Crippen LogP contribution in [0.4, 0.5) is 0 Å². The molecule has 6 nitrogen and oxygen atoms in total. The van der Waals surface area contributed by atoms with Crippen LogP contribution in [0.5, 0.6) is 5.75 Å². The minimum atomic E-state index is -3.59. The van der Waals surface area contributed by atoms with Crippen LogP contribution in [-0.4, -0.2) is 58.0 Å². The lowest BCUT2D eigenvalue weighted by atomic mass is 9.90. The van der Waals surface area contributed by atoms with Gasteiger partial charge in [0.2, 0.25) is 0 Å². The molecule has 0 radical (unpaired) electrons. The molecule has 3 rings (SSSR count). The Labute approximate surface area is 174 Å². The van der Waals surface area contributed by atoms with E-state index in [1.54, 1.807) is 12.1 Å². The fraction of sp³-hybridized carbons (Fsp3) is 0.429. The van der Waals surface area contributed by atoms with Gasteiger partial charge in [-0.25, -0.2) is 0 Å². The van der Waals surface area contributed by atoms with Crippen LogP contribution in [0.3, 0.4) is 0 Å². The summed E-state index contributed by atoms with van der Waals surface area (Å²) in [6.45, 7) is 1.14. The first-order chi connectivity index (χ1) is 14.8. The van der Waals surface area contributed by atoms with Crippen LogP contribution < -0.4 is 4.74 Å². The smallest absolute Gasteiger partial charge is 0.119 e. The van der Waals surface area contributed by atoms with Gasteiger partial charge in [-0.15, -0.1) is 0 Å². The zero-order valence-corrected chi connectivity index (χ0v) is 16.0. The molecule has 7 heteroatoms. The number of halogens is 1. The lowest BCUT2D eigenvalue weighted by Crippen LogP contribution is -2.55. The summed E-state index contributed by atoms with van der Waals surface area (Å²) in [5.41, 5.74) is 1.51. The maximum absolute atomic E-state index is 10.6. The highest BCUT2D eigenvalue weighted by Crippen LogP contribution is 2.34. The van der Waals surface area contributed by atoms with Crippen molar-refractivity contribution in [1.29, 1.82) is 0 Å². The Bertz CT molecular complexity index is 969. The van der Waals surface area contributed by atoms with Crippen LogP contribution in [0.1, 0.15) is 35.2 Å². The third-order valence-electron chi connectivity index (χ3n) is 4.38. The molecule has 0 bridgehead atoms.